The molecule has 25 heavy (non-hydrogen) atoms. The standard InChI is InChI=1S/C17H15N3O4S/c1-11-9-12-5-4-8-15(16(12)18-10-11)25(23,24)20-19-17(22)13-6-2-3-7-14(13)21/h2-10,20-21H,1H3,(H,19,22). The van der Waals surface area contributed by atoms with Gasteiger partial charge in [0.25, 0.3) is 15.9 Å². The number of pyridine rings is 1. The molecule has 0 aliphatic heterocycles. The number of benzene rings is 2. The van der Waals surface area contributed by atoms with Crippen LogP contribution < -0.4 is 10.3 Å². The number of carbonyl (C=O) groups is 1. The fraction of sp³-hybridized carbons (Fsp3) is 0.0588. The highest BCUT2D eigenvalue weighted by Gasteiger charge is 2.20. The molecule has 3 N–H and O–H groups in total. The van der Waals surface area contributed by atoms with Gasteiger partial charge in [-0.3, -0.25) is 15.2 Å². The van der Waals surface area contributed by atoms with Crippen LogP contribution in [-0.2, 0) is 10.0 Å². The molecule has 8 heteroatoms. The van der Waals surface area contributed by atoms with Gasteiger partial charge >= 0.3 is 0 Å². The van der Waals surface area contributed by atoms with Crippen LogP contribution in [0.1, 0.15) is 15.9 Å². The first-order valence-electron chi connectivity index (χ1n) is 7.34. The third-order valence-electron chi connectivity index (χ3n) is 3.55. The van der Waals surface area contributed by atoms with Gasteiger partial charge in [0.2, 0.25) is 0 Å². The number of phenols is 1. The lowest BCUT2D eigenvalue weighted by Gasteiger charge is -2.11. The summed E-state index contributed by atoms with van der Waals surface area (Å²) in [6.07, 6.45) is 1.57. The van der Waals surface area contributed by atoms with E-state index in [0.717, 1.165) is 5.56 Å². The summed E-state index contributed by atoms with van der Waals surface area (Å²) in [6.45, 7) is 1.86. The summed E-state index contributed by atoms with van der Waals surface area (Å²) in [4.78, 5) is 18.2. The zero-order valence-electron chi connectivity index (χ0n) is 13.2. The molecule has 0 bridgehead atoms. The van der Waals surface area contributed by atoms with Crippen LogP contribution in [0.15, 0.2) is 59.6 Å². The molecule has 1 heterocycles. The number of hydrogen-bond donors (Lipinski definition) is 3. The van der Waals surface area contributed by atoms with Crippen LogP contribution in [-0.4, -0.2) is 24.4 Å². The summed E-state index contributed by atoms with van der Waals surface area (Å²) in [6, 6.07) is 12.4. The van der Waals surface area contributed by atoms with Crippen LogP contribution in [0.25, 0.3) is 10.9 Å². The monoisotopic (exact) mass is 357 g/mol. The van der Waals surface area contributed by atoms with Gasteiger partial charge in [0.05, 0.1) is 11.1 Å². The lowest BCUT2D eigenvalue weighted by Crippen LogP contribution is -2.41. The molecule has 0 aliphatic rings. The number of phenolic OH excluding ortho intramolecular Hbond substituents is 1. The van der Waals surface area contributed by atoms with Gasteiger partial charge < -0.3 is 5.11 Å². The Hall–Kier alpha value is -2.97. The molecule has 3 rings (SSSR count). The molecule has 0 saturated carbocycles. The summed E-state index contributed by atoms with van der Waals surface area (Å²) in [5, 5.41) is 10.3. The number of sulfonamides is 1. The maximum atomic E-state index is 12.5. The molecular formula is C17H15N3O4S. The number of fused-ring (bicyclic) bond motifs is 1. The average molecular weight is 357 g/mol. The minimum Gasteiger partial charge on any atom is -0.507 e. The van der Waals surface area contributed by atoms with Crippen LogP contribution in [0.3, 0.4) is 0 Å². The summed E-state index contributed by atoms with van der Waals surface area (Å²) in [7, 11) is -4.04. The van der Waals surface area contributed by atoms with E-state index in [-0.39, 0.29) is 16.2 Å². The van der Waals surface area contributed by atoms with E-state index in [4.69, 9.17) is 0 Å². The molecule has 0 radical (unpaired) electrons. The molecule has 0 aliphatic carbocycles. The molecule has 0 fully saturated rings. The van der Waals surface area contributed by atoms with E-state index in [1.54, 1.807) is 30.5 Å². The van der Waals surface area contributed by atoms with E-state index in [2.05, 4.69) is 10.4 Å². The number of aromatic hydroxyl groups is 1. The molecule has 1 amide bonds. The van der Waals surface area contributed by atoms with E-state index in [0.29, 0.717) is 10.9 Å². The van der Waals surface area contributed by atoms with Gasteiger partial charge in [-0.1, -0.05) is 24.3 Å². The second-order valence-corrected chi connectivity index (χ2v) is 7.07. The van der Waals surface area contributed by atoms with Crippen molar-refractivity contribution >= 4 is 26.8 Å². The summed E-state index contributed by atoms with van der Waals surface area (Å²) in [5.41, 5.74) is 3.25. The van der Waals surface area contributed by atoms with Crippen molar-refractivity contribution in [3.8, 4) is 5.75 Å². The first-order valence-corrected chi connectivity index (χ1v) is 8.82. The van der Waals surface area contributed by atoms with Crippen LogP contribution in [0.2, 0.25) is 0 Å². The third-order valence-corrected chi connectivity index (χ3v) is 4.83. The Bertz CT molecular complexity index is 1060. The Morgan fingerprint density at radius 2 is 1.88 bits per heavy atom. The zero-order valence-corrected chi connectivity index (χ0v) is 14.0. The van der Waals surface area contributed by atoms with Crippen molar-refractivity contribution in [2.75, 3.05) is 0 Å². The number of nitrogens with zero attached hydrogens (tertiary/aromatic N) is 1. The first-order chi connectivity index (χ1) is 11.9. The van der Waals surface area contributed by atoms with Crippen molar-refractivity contribution in [1.29, 1.82) is 0 Å². The average Bonchev–Trinajstić information content (AvgIpc) is 2.59. The highest BCUT2D eigenvalue weighted by molar-refractivity contribution is 7.89. The fourth-order valence-electron chi connectivity index (χ4n) is 2.36. The molecule has 7 nitrogen and oxygen atoms in total. The van der Waals surface area contributed by atoms with Gasteiger partial charge in [0.1, 0.15) is 10.6 Å². The quantitative estimate of drug-likeness (QED) is 0.618. The fourth-order valence-corrected chi connectivity index (χ4v) is 3.38. The number of aryl methyl sites for hydroxylation is 1. The highest BCUT2D eigenvalue weighted by atomic mass is 32.2. The SMILES string of the molecule is Cc1cnc2c(S(=O)(=O)NNC(=O)c3ccccc3O)cccc2c1. The van der Waals surface area contributed by atoms with Crippen molar-refractivity contribution in [2.45, 2.75) is 11.8 Å². The zero-order chi connectivity index (χ0) is 18.0. The van der Waals surface area contributed by atoms with E-state index in [9.17, 15) is 18.3 Å². The van der Waals surface area contributed by atoms with E-state index in [1.165, 1.54) is 18.2 Å². The highest BCUT2D eigenvalue weighted by Crippen LogP contribution is 2.21. The van der Waals surface area contributed by atoms with Gasteiger partial charge in [-0.25, -0.2) is 8.42 Å². The van der Waals surface area contributed by atoms with Gasteiger partial charge in [0.15, 0.2) is 0 Å². The Balaban J connectivity index is 1.88. The largest absolute Gasteiger partial charge is 0.507 e. The maximum absolute atomic E-state index is 12.5. The Morgan fingerprint density at radius 1 is 1.12 bits per heavy atom. The van der Waals surface area contributed by atoms with Crippen LogP contribution in [0.5, 0.6) is 5.75 Å². The Kier molecular flexibility index (Phi) is 4.39. The van der Waals surface area contributed by atoms with Gasteiger partial charge in [0, 0.05) is 11.6 Å². The van der Waals surface area contributed by atoms with Gasteiger partial charge in [-0.2, -0.15) is 0 Å². The summed E-state index contributed by atoms with van der Waals surface area (Å²) >= 11 is 0. The van der Waals surface area contributed by atoms with Crippen LogP contribution >= 0.6 is 0 Å². The minimum absolute atomic E-state index is 0.0446. The molecule has 0 unspecified atom stereocenters. The topological polar surface area (TPSA) is 108 Å². The lowest BCUT2D eigenvalue weighted by atomic mass is 10.2. The summed E-state index contributed by atoms with van der Waals surface area (Å²) in [5.74, 6) is -1.02. The van der Waals surface area contributed by atoms with E-state index >= 15 is 0 Å². The Morgan fingerprint density at radius 3 is 2.64 bits per heavy atom. The van der Waals surface area contributed by atoms with Crippen molar-refractivity contribution in [3.05, 3.63) is 65.9 Å². The number of nitrogens with one attached hydrogen (secondary N) is 2. The number of rotatable bonds is 4. The molecule has 128 valence electrons. The third kappa shape index (κ3) is 3.44. The number of para-hydroxylation sites is 2. The normalized spacial score (nSPS) is 11.4. The predicted octanol–water partition coefficient (Wildman–Crippen LogP) is 1.87. The van der Waals surface area contributed by atoms with Crippen LogP contribution in [0.4, 0.5) is 0 Å². The van der Waals surface area contributed by atoms with E-state index in [1.807, 2.05) is 17.8 Å². The van der Waals surface area contributed by atoms with Crippen molar-refractivity contribution in [1.82, 2.24) is 15.2 Å². The molecular weight excluding hydrogens is 342 g/mol. The first kappa shape index (κ1) is 16.9. The Labute approximate surface area is 144 Å². The van der Waals surface area contributed by atoms with Crippen molar-refractivity contribution in [3.63, 3.8) is 0 Å². The second kappa shape index (κ2) is 6.50. The second-order valence-electron chi connectivity index (χ2n) is 5.42. The van der Waals surface area contributed by atoms with Gasteiger partial charge in [-0.15, -0.1) is 4.83 Å². The minimum atomic E-state index is -4.04. The van der Waals surface area contributed by atoms with E-state index < -0.39 is 15.9 Å². The molecule has 0 spiro atoms. The number of amides is 1. The number of carbonyl (C=O) groups excluding carboxylic acids is 1. The molecule has 0 saturated heterocycles. The molecule has 0 atom stereocenters. The van der Waals surface area contributed by atoms with Crippen molar-refractivity contribution in [2.24, 2.45) is 0 Å². The summed E-state index contributed by atoms with van der Waals surface area (Å²) < 4.78 is 25.0. The molecule has 2 aromatic carbocycles. The maximum Gasteiger partial charge on any atom is 0.269 e. The smallest absolute Gasteiger partial charge is 0.269 e. The number of hydrazine groups is 1. The van der Waals surface area contributed by atoms with Crippen molar-refractivity contribution < 1.29 is 18.3 Å². The predicted molar refractivity (Wildman–Crippen MR) is 92.4 cm³/mol. The van der Waals surface area contributed by atoms with Crippen LogP contribution in [0, 0.1) is 6.92 Å². The molecule has 1 aromatic heterocycles. The molecule has 3 aromatic rings. The number of aromatic nitrogens is 1. The number of hydrogen-bond acceptors (Lipinski definition) is 5. The van der Waals surface area contributed by atoms with Gasteiger partial charge in [-0.05, 0) is 36.8 Å². The lowest BCUT2D eigenvalue weighted by molar-refractivity contribution is 0.0942.